The van der Waals surface area contributed by atoms with Crippen LogP contribution in [-0.2, 0) is 0 Å². The van der Waals surface area contributed by atoms with Crippen LogP contribution in [0.3, 0.4) is 0 Å². The average Bonchev–Trinajstić information content (AvgIpc) is 2.85. The molecule has 0 bridgehead atoms. The van der Waals surface area contributed by atoms with Gasteiger partial charge in [0.15, 0.2) is 0 Å². The lowest BCUT2D eigenvalue weighted by Gasteiger charge is -2.13. The average molecular weight is 404 g/mol. The molecule has 0 saturated carbocycles. The molecule has 1 radical (unpaired) electrons. The minimum atomic E-state index is -0.183. The molecule has 5 rings (SSSR count). The molecule has 0 saturated heterocycles. The lowest BCUT2D eigenvalue weighted by atomic mass is 9.96. The van der Waals surface area contributed by atoms with Gasteiger partial charge >= 0.3 is 0 Å². The molecular formula is C26H18N3O2. The van der Waals surface area contributed by atoms with Gasteiger partial charge in [-0.05, 0) is 23.8 Å². The van der Waals surface area contributed by atoms with E-state index in [-0.39, 0.29) is 5.56 Å². The number of benzene rings is 2. The van der Waals surface area contributed by atoms with E-state index < -0.39 is 0 Å². The predicted molar refractivity (Wildman–Crippen MR) is 122 cm³/mol. The molecule has 3 heterocycles. The van der Waals surface area contributed by atoms with Crippen molar-refractivity contribution in [3.05, 3.63) is 102 Å². The minimum Gasteiger partial charge on any atom is -0.481 e. The molecule has 0 atom stereocenters. The van der Waals surface area contributed by atoms with Gasteiger partial charge in [-0.15, -0.1) is 0 Å². The molecule has 149 valence electrons. The zero-order valence-electron chi connectivity index (χ0n) is 16.8. The predicted octanol–water partition coefficient (Wildman–Crippen LogP) is 5.13. The lowest BCUT2D eigenvalue weighted by Crippen LogP contribution is -2.08. The van der Waals surface area contributed by atoms with Crippen molar-refractivity contribution in [1.29, 1.82) is 0 Å². The van der Waals surface area contributed by atoms with Crippen molar-refractivity contribution >= 4 is 10.9 Å². The van der Waals surface area contributed by atoms with E-state index >= 15 is 0 Å². The number of nitrogens with zero attached hydrogens (tertiary/aromatic N) is 2. The number of aromatic amines is 1. The SMILES string of the molecule is COc1ccc(-c2c[nH]c(=O)c3cc(-c4ccccc4)c(-c4cc[c]cc4)nc23)cn1. The minimum absolute atomic E-state index is 0.183. The van der Waals surface area contributed by atoms with Crippen molar-refractivity contribution in [1.82, 2.24) is 15.0 Å². The quantitative estimate of drug-likeness (QED) is 0.451. The monoisotopic (exact) mass is 404 g/mol. The Balaban J connectivity index is 1.83. The fourth-order valence-electron chi connectivity index (χ4n) is 3.66. The summed E-state index contributed by atoms with van der Waals surface area (Å²) >= 11 is 0. The van der Waals surface area contributed by atoms with Gasteiger partial charge < -0.3 is 9.72 Å². The number of fused-ring (bicyclic) bond motifs is 1. The lowest BCUT2D eigenvalue weighted by molar-refractivity contribution is 0.398. The van der Waals surface area contributed by atoms with Crippen LogP contribution in [0.4, 0.5) is 0 Å². The van der Waals surface area contributed by atoms with Crippen molar-refractivity contribution in [3.8, 4) is 39.4 Å². The molecule has 0 aliphatic rings. The molecule has 0 aliphatic heterocycles. The number of rotatable bonds is 4. The first kappa shape index (κ1) is 18.8. The van der Waals surface area contributed by atoms with Gasteiger partial charge in [-0.1, -0.05) is 54.6 Å². The largest absolute Gasteiger partial charge is 0.481 e. The number of aromatic nitrogens is 3. The van der Waals surface area contributed by atoms with Gasteiger partial charge in [-0.25, -0.2) is 9.97 Å². The summed E-state index contributed by atoms with van der Waals surface area (Å²) in [6.07, 6.45) is 3.40. The maximum absolute atomic E-state index is 12.8. The summed E-state index contributed by atoms with van der Waals surface area (Å²) in [7, 11) is 1.58. The number of nitrogens with one attached hydrogen (secondary N) is 1. The zero-order chi connectivity index (χ0) is 21.2. The Morgan fingerprint density at radius 2 is 1.71 bits per heavy atom. The second-order valence-electron chi connectivity index (χ2n) is 7.06. The van der Waals surface area contributed by atoms with Crippen LogP contribution < -0.4 is 10.3 Å². The summed E-state index contributed by atoms with van der Waals surface area (Å²) in [4.78, 5) is 24.9. The molecule has 5 heteroatoms. The first-order valence-electron chi connectivity index (χ1n) is 9.83. The molecule has 0 amide bonds. The zero-order valence-corrected chi connectivity index (χ0v) is 16.8. The first-order chi connectivity index (χ1) is 15.2. The summed E-state index contributed by atoms with van der Waals surface area (Å²) in [6.45, 7) is 0. The second-order valence-corrected chi connectivity index (χ2v) is 7.06. The maximum Gasteiger partial charge on any atom is 0.257 e. The van der Waals surface area contributed by atoms with Crippen LogP contribution in [0.5, 0.6) is 5.88 Å². The molecule has 0 unspecified atom stereocenters. The van der Waals surface area contributed by atoms with E-state index in [0.29, 0.717) is 16.8 Å². The Morgan fingerprint density at radius 3 is 2.42 bits per heavy atom. The van der Waals surface area contributed by atoms with Gasteiger partial charge in [0.25, 0.3) is 5.56 Å². The van der Waals surface area contributed by atoms with E-state index in [0.717, 1.165) is 33.5 Å². The van der Waals surface area contributed by atoms with Crippen LogP contribution in [0, 0.1) is 6.07 Å². The molecule has 2 aromatic carbocycles. The first-order valence-corrected chi connectivity index (χ1v) is 9.83. The Kier molecular flexibility index (Phi) is 4.77. The number of pyridine rings is 3. The van der Waals surface area contributed by atoms with Crippen LogP contribution in [0.2, 0.25) is 0 Å². The summed E-state index contributed by atoms with van der Waals surface area (Å²) < 4.78 is 5.17. The van der Waals surface area contributed by atoms with Gasteiger partial charge in [0, 0.05) is 40.7 Å². The van der Waals surface area contributed by atoms with Crippen molar-refractivity contribution in [3.63, 3.8) is 0 Å². The molecule has 0 aliphatic carbocycles. The van der Waals surface area contributed by atoms with E-state index in [9.17, 15) is 4.79 Å². The molecular weight excluding hydrogens is 386 g/mol. The molecule has 5 aromatic rings. The number of hydrogen-bond acceptors (Lipinski definition) is 4. The maximum atomic E-state index is 12.8. The van der Waals surface area contributed by atoms with E-state index in [1.54, 1.807) is 25.6 Å². The molecule has 0 spiro atoms. The van der Waals surface area contributed by atoms with Crippen molar-refractivity contribution < 1.29 is 4.74 Å². The molecule has 3 aromatic heterocycles. The van der Waals surface area contributed by atoms with E-state index in [1.165, 1.54) is 0 Å². The Bertz CT molecular complexity index is 1410. The number of hydrogen-bond donors (Lipinski definition) is 1. The Labute approximate surface area is 179 Å². The van der Waals surface area contributed by atoms with Crippen LogP contribution in [0.25, 0.3) is 44.4 Å². The summed E-state index contributed by atoms with van der Waals surface area (Å²) in [6, 6.07) is 26.3. The van der Waals surface area contributed by atoms with Gasteiger partial charge in [-0.3, -0.25) is 4.79 Å². The highest BCUT2D eigenvalue weighted by Gasteiger charge is 2.16. The van der Waals surface area contributed by atoms with Crippen molar-refractivity contribution in [2.24, 2.45) is 0 Å². The third-order valence-corrected chi connectivity index (χ3v) is 5.20. The van der Waals surface area contributed by atoms with Gasteiger partial charge in [0.2, 0.25) is 5.88 Å². The third kappa shape index (κ3) is 3.46. The van der Waals surface area contributed by atoms with Crippen LogP contribution >= 0.6 is 0 Å². The molecule has 1 N–H and O–H groups in total. The van der Waals surface area contributed by atoms with Crippen molar-refractivity contribution in [2.45, 2.75) is 0 Å². The van der Waals surface area contributed by atoms with Crippen LogP contribution in [0.1, 0.15) is 0 Å². The highest BCUT2D eigenvalue weighted by molar-refractivity contribution is 5.98. The smallest absolute Gasteiger partial charge is 0.257 e. The van der Waals surface area contributed by atoms with Crippen LogP contribution in [0.15, 0.2) is 90.0 Å². The Hall–Kier alpha value is -4.25. The van der Waals surface area contributed by atoms with E-state index in [1.807, 2.05) is 66.7 Å². The van der Waals surface area contributed by atoms with Gasteiger partial charge in [0.05, 0.1) is 23.7 Å². The van der Waals surface area contributed by atoms with Crippen molar-refractivity contribution in [2.75, 3.05) is 7.11 Å². The number of ether oxygens (including phenoxy) is 1. The summed E-state index contributed by atoms with van der Waals surface area (Å²) in [5, 5.41) is 0.526. The molecule has 31 heavy (non-hydrogen) atoms. The van der Waals surface area contributed by atoms with Gasteiger partial charge in [-0.2, -0.15) is 0 Å². The van der Waals surface area contributed by atoms with E-state index in [2.05, 4.69) is 16.0 Å². The second kappa shape index (κ2) is 7.88. The number of methoxy groups -OCH3 is 1. The fraction of sp³-hybridized carbons (Fsp3) is 0.0385. The standard InChI is InChI=1S/C26H18N3O2/c1-31-23-13-12-19(15-27-23)22-16-28-26(30)21-14-20(17-8-4-2-5-9-17)24(29-25(21)22)18-10-6-3-7-11-18/h2,4-16H,1H3,(H,28,30). The molecule has 5 nitrogen and oxygen atoms in total. The fourth-order valence-corrected chi connectivity index (χ4v) is 3.66. The van der Waals surface area contributed by atoms with Crippen LogP contribution in [-0.4, -0.2) is 22.1 Å². The summed E-state index contributed by atoms with van der Waals surface area (Å²) in [5.41, 5.74) is 5.74. The van der Waals surface area contributed by atoms with E-state index in [4.69, 9.17) is 9.72 Å². The molecule has 0 fully saturated rings. The summed E-state index contributed by atoms with van der Waals surface area (Å²) in [5.74, 6) is 0.526. The third-order valence-electron chi connectivity index (χ3n) is 5.20. The topological polar surface area (TPSA) is 67.9 Å². The highest BCUT2D eigenvalue weighted by atomic mass is 16.5. The normalized spacial score (nSPS) is 10.9. The Morgan fingerprint density at radius 1 is 0.903 bits per heavy atom. The highest BCUT2D eigenvalue weighted by Crippen LogP contribution is 2.35. The number of H-pyrrole nitrogens is 1. The van der Waals surface area contributed by atoms with Gasteiger partial charge in [0.1, 0.15) is 0 Å².